The van der Waals surface area contributed by atoms with Crippen molar-refractivity contribution in [3.8, 4) is 6.07 Å². The summed E-state index contributed by atoms with van der Waals surface area (Å²) in [4.78, 5) is 32.0. The molecule has 2 aromatic rings. The second-order valence-electron chi connectivity index (χ2n) is 9.93. The molecule has 178 valence electrons. The summed E-state index contributed by atoms with van der Waals surface area (Å²) in [5.74, 6) is -0.265. The third-order valence-electron chi connectivity index (χ3n) is 8.09. The Morgan fingerprint density at radius 2 is 1.80 bits per heavy atom. The molecule has 0 saturated carbocycles. The van der Waals surface area contributed by atoms with Gasteiger partial charge in [0.1, 0.15) is 12.3 Å². The van der Waals surface area contributed by atoms with Crippen LogP contribution in [0.15, 0.2) is 66.6 Å². The monoisotopic (exact) mass is 469 g/mol. The van der Waals surface area contributed by atoms with Crippen molar-refractivity contribution < 1.29 is 19.1 Å². The molecule has 0 radical (unpaired) electrons. The SMILES string of the molecule is CC1CCN2C(c3ccc(C#N)cc3)C3C(=O)N(C(Cc4ccccc4)C4=COCO4)C(=O)C3C12. The van der Waals surface area contributed by atoms with Crippen molar-refractivity contribution in [3.63, 3.8) is 0 Å². The average Bonchev–Trinajstić information content (AvgIpc) is 3.65. The normalized spacial score (nSPS) is 30.3. The van der Waals surface area contributed by atoms with Crippen LogP contribution < -0.4 is 0 Å². The van der Waals surface area contributed by atoms with Crippen molar-refractivity contribution in [3.05, 3.63) is 83.3 Å². The highest BCUT2D eigenvalue weighted by molar-refractivity contribution is 6.07. The number of amides is 2. The molecule has 6 rings (SSSR count). The molecule has 3 saturated heterocycles. The first kappa shape index (κ1) is 21.9. The second kappa shape index (κ2) is 8.54. The molecule has 2 aromatic carbocycles. The van der Waals surface area contributed by atoms with Gasteiger partial charge in [0, 0.05) is 18.5 Å². The van der Waals surface area contributed by atoms with E-state index in [1.54, 1.807) is 12.1 Å². The number of nitrogens with zero attached hydrogens (tertiary/aromatic N) is 3. The van der Waals surface area contributed by atoms with Crippen LogP contribution in [-0.4, -0.2) is 47.0 Å². The Labute approximate surface area is 204 Å². The maximum atomic E-state index is 14.1. The van der Waals surface area contributed by atoms with Gasteiger partial charge in [0.15, 0.2) is 5.76 Å². The van der Waals surface area contributed by atoms with E-state index in [9.17, 15) is 14.9 Å². The topological polar surface area (TPSA) is 82.9 Å². The molecule has 0 spiro atoms. The lowest BCUT2D eigenvalue weighted by molar-refractivity contribution is -0.144. The van der Waals surface area contributed by atoms with Gasteiger partial charge in [-0.3, -0.25) is 19.4 Å². The van der Waals surface area contributed by atoms with E-state index in [2.05, 4.69) is 17.9 Å². The number of nitriles is 1. The number of carbonyl (C=O) groups excluding carboxylic acids is 2. The predicted molar refractivity (Wildman–Crippen MR) is 126 cm³/mol. The number of rotatable bonds is 5. The Hall–Kier alpha value is -3.63. The summed E-state index contributed by atoms with van der Waals surface area (Å²) in [6.45, 7) is 3.13. The minimum atomic E-state index is -0.544. The highest BCUT2D eigenvalue weighted by Crippen LogP contribution is 2.55. The predicted octanol–water partition coefficient (Wildman–Crippen LogP) is 3.38. The highest BCUT2D eigenvalue weighted by Gasteiger charge is 2.65. The Morgan fingerprint density at radius 1 is 1.06 bits per heavy atom. The lowest BCUT2D eigenvalue weighted by Crippen LogP contribution is -2.47. The third kappa shape index (κ3) is 3.43. The number of hydrogen-bond acceptors (Lipinski definition) is 6. The number of likely N-dealkylation sites (tertiary alicyclic amines) is 1. The van der Waals surface area contributed by atoms with E-state index >= 15 is 0 Å². The summed E-state index contributed by atoms with van der Waals surface area (Å²) in [7, 11) is 0. The second-order valence-corrected chi connectivity index (χ2v) is 9.93. The fourth-order valence-corrected chi connectivity index (χ4v) is 6.56. The van der Waals surface area contributed by atoms with E-state index in [4.69, 9.17) is 9.47 Å². The number of ether oxygens (including phenoxy) is 2. The smallest absolute Gasteiger partial charge is 0.235 e. The number of benzene rings is 2. The van der Waals surface area contributed by atoms with E-state index in [0.29, 0.717) is 23.7 Å². The molecule has 6 atom stereocenters. The average molecular weight is 470 g/mol. The van der Waals surface area contributed by atoms with E-state index < -0.39 is 12.0 Å². The Bertz CT molecular complexity index is 1220. The van der Waals surface area contributed by atoms with Crippen LogP contribution in [0.3, 0.4) is 0 Å². The Kier molecular flexibility index (Phi) is 5.34. The molecule has 6 unspecified atom stereocenters. The van der Waals surface area contributed by atoms with Gasteiger partial charge >= 0.3 is 0 Å². The standard InChI is InChI=1S/C28H27N3O4/c1-17-11-12-30-25(17)23-24(26(30)20-9-7-19(14-29)8-10-20)28(33)31(27(23)32)21(22-15-34-16-35-22)13-18-5-3-2-4-6-18/h2-10,15,17,21,23-26H,11-13,16H2,1H3. The first-order valence-electron chi connectivity index (χ1n) is 12.2. The molecule has 2 amide bonds. The number of hydrogen-bond donors (Lipinski definition) is 0. The van der Waals surface area contributed by atoms with Crippen LogP contribution >= 0.6 is 0 Å². The number of fused-ring (bicyclic) bond motifs is 3. The van der Waals surface area contributed by atoms with Crippen molar-refractivity contribution in [2.24, 2.45) is 17.8 Å². The lowest BCUT2D eigenvalue weighted by Gasteiger charge is -2.32. The van der Waals surface area contributed by atoms with Crippen LogP contribution in [0.25, 0.3) is 0 Å². The molecular weight excluding hydrogens is 442 g/mol. The fourth-order valence-electron chi connectivity index (χ4n) is 6.56. The van der Waals surface area contributed by atoms with Crippen molar-refractivity contribution in [2.45, 2.75) is 37.9 Å². The van der Waals surface area contributed by atoms with Gasteiger partial charge in [0.2, 0.25) is 18.6 Å². The van der Waals surface area contributed by atoms with Gasteiger partial charge in [-0.25, -0.2) is 0 Å². The molecule has 4 heterocycles. The first-order valence-corrected chi connectivity index (χ1v) is 12.2. The lowest BCUT2D eigenvalue weighted by atomic mass is 9.82. The largest absolute Gasteiger partial charge is 0.462 e. The van der Waals surface area contributed by atoms with Crippen LogP contribution in [-0.2, 0) is 25.5 Å². The Balaban J connectivity index is 1.40. The van der Waals surface area contributed by atoms with Crippen LogP contribution in [0.2, 0.25) is 0 Å². The van der Waals surface area contributed by atoms with Gasteiger partial charge in [-0.05, 0) is 42.1 Å². The summed E-state index contributed by atoms with van der Waals surface area (Å²) >= 11 is 0. The van der Waals surface area contributed by atoms with Crippen LogP contribution in [0.4, 0.5) is 0 Å². The summed E-state index contributed by atoms with van der Waals surface area (Å²) in [6.07, 6.45) is 3.00. The minimum absolute atomic E-state index is 0.0224. The zero-order chi connectivity index (χ0) is 24.1. The van der Waals surface area contributed by atoms with Gasteiger partial charge in [0.05, 0.1) is 23.5 Å². The summed E-state index contributed by atoms with van der Waals surface area (Å²) < 4.78 is 11.0. The first-order chi connectivity index (χ1) is 17.1. The van der Waals surface area contributed by atoms with Crippen LogP contribution in [0, 0.1) is 29.1 Å². The quantitative estimate of drug-likeness (QED) is 0.625. The molecule has 4 aliphatic heterocycles. The van der Waals surface area contributed by atoms with Gasteiger partial charge in [-0.15, -0.1) is 0 Å². The molecule has 3 fully saturated rings. The summed E-state index contributed by atoms with van der Waals surface area (Å²) in [5.41, 5.74) is 2.59. The zero-order valence-electron chi connectivity index (χ0n) is 19.5. The maximum Gasteiger partial charge on any atom is 0.235 e. The summed E-state index contributed by atoms with van der Waals surface area (Å²) in [5, 5.41) is 9.23. The molecule has 0 aliphatic carbocycles. The molecule has 0 bridgehead atoms. The van der Waals surface area contributed by atoms with Crippen molar-refractivity contribution in [1.82, 2.24) is 9.80 Å². The molecule has 35 heavy (non-hydrogen) atoms. The molecular formula is C28H27N3O4. The van der Waals surface area contributed by atoms with Crippen LogP contribution in [0.1, 0.15) is 36.1 Å². The van der Waals surface area contributed by atoms with E-state index in [-0.39, 0.29) is 36.6 Å². The number of carbonyl (C=O) groups is 2. The van der Waals surface area contributed by atoms with E-state index in [1.165, 1.54) is 11.2 Å². The van der Waals surface area contributed by atoms with Crippen LogP contribution in [0.5, 0.6) is 0 Å². The van der Waals surface area contributed by atoms with E-state index in [1.807, 2.05) is 42.5 Å². The molecule has 7 nitrogen and oxygen atoms in total. The Morgan fingerprint density at radius 3 is 2.49 bits per heavy atom. The fraction of sp³-hybridized carbons (Fsp3) is 0.393. The van der Waals surface area contributed by atoms with Crippen molar-refractivity contribution >= 4 is 11.8 Å². The molecule has 4 aliphatic rings. The summed E-state index contributed by atoms with van der Waals surface area (Å²) in [6, 6.07) is 18.8. The van der Waals surface area contributed by atoms with Gasteiger partial charge in [-0.1, -0.05) is 49.4 Å². The highest BCUT2D eigenvalue weighted by atomic mass is 16.7. The zero-order valence-corrected chi connectivity index (χ0v) is 19.5. The third-order valence-corrected chi connectivity index (χ3v) is 8.09. The van der Waals surface area contributed by atoms with Gasteiger partial charge < -0.3 is 9.47 Å². The number of imide groups is 1. The van der Waals surface area contributed by atoms with Gasteiger partial charge in [-0.2, -0.15) is 5.26 Å². The molecule has 0 aromatic heterocycles. The minimum Gasteiger partial charge on any atom is -0.462 e. The van der Waals surface area contributed by atoms with Crippen molar-refractivity contribution in [2.75, 3.05) is 13.3 Å². The maximum absolute atomic E-state index is 14.1. The van der Waals surface area contributed by atoms with Crippen molar-refractivity contribution in [1.29, 1.82) is 5.26 Å². The molecule has 7 heteroatoms. The van der Waals surface area contributed by atoms with E-state index in [0.717, 1.165) is 24.1 Å². The molecule has 0 N–H and O–H groups in total. The van der Waals surface area contributed by atoms with Gasteiger partial charge in [0.25, 0.3) is 0 Å².